The SMILES string of the molecule is COc1cccc2c1ccn2CCC(=O)N[C@@H](CCSC)C(=O)O. The van der Waals surface area contributed by atoms with Gasteiger partial charge in [0.1, 0.15) is 11.8 Å². The van der Waals surface area contributed by atoms with Crippen LogP contribution in [-0.2, 0) is 16.1 Å². The van der Waals surface area contributed by atoms with Crippen molar-refractivity contribution in [2.24, 2.45) is 0 Å². The summed E-state index contributed by atoms with van der Waals surface area (Å²) in [5, 5.41) is 12.7. The average molecular weight is 350 g/mol. The molecule has 0 radical (unpaired) electrons. The zero-order chi connectivity index (χ0) is 17.5. The number of hydrogen-bond donors (Lipinski definition) is 2. The van der Waals surface area contributed by atoms with Crippen LogP contribution in [0.1, 0.15) is 12.8 Å². The van der Waals surface area contributed by atoms with Crippen molar-refractivity contribution < 1.29 is 19.4 Å². The Balaban J connectivity index is 1.97. The first kappa shape index (κ1) is 18.2. The van der Waals surface area contributed by atoms with Crippen LogP contribution < -0.4 is 10.1 Å². The number of fused-ring (bicyclic) bond motifs is 1. The van der Waals surface area contributed by atoms with Gasteiger partial charge in [-0.2, -0.15) is 11.8 Å². The normalized spacial score (nSPS) is 12.1. The van der Waals surface area contributed by atoms with Gasteiger partial charge in [0.05, 0.1) is 12.6 Å². The molecule has 1 aromatic carbocycles. The molecule has 0 saturated heterocycles. The van der Waals surface area contributed by atoms with Crippen LogP contribution in [0.4, 0.5) is 0 Å². The van der Waals surface area contributed by atoms with Gasteiger partial charge < -0.3 is 19.7 Å². The predicted octanol–water partition coefficient (Wildman–Crippen LogP) is 2.36. The lowest BCUT2D eigenvalue weighted by Gasteiger charge is -2.14. The average Bonchev–Trinajstić information content (AvgIpc) is 2.99. The van der Waals surface area contributed by atoms with Crippen molar-refractivity contribution in [2.45, 2.75) is 25.4 Å². The van der Waals surface area contributed by atoms with Crippen LogP contribution in [0.3, 0.4) is 0 Å². The molecule has 1 amide bonds. The number of ether oxygens (including phenoxy) is 1. The van der Waals surface area contributed by atoms with Gasteiger partial charge in [0.25, 0.3) is 0 Å². The highest BCUT2D eigenvalue weighted by atomic mass is 32.2. The highest BCUT2D eigenvalue weighted by Crippen LogP contribution is 2.26. The fourth-order valence-electron chi connectivity index (χ4n) is 2.55. The highest BCUT2D eigenvalue weighted by Gasteiger charge is 2.19. The van der Waals surface area contributed by atoms with Crippen LogP contribution in [0.25, 0.3) is 10.9 Å². The molecule has 6 nitrogen and oxygen atoms in total. The number of carboxylic acid groups (broad SMARTS) is 1. The quantitative estimate of drug-likeness (QED) is 0.726. The molecule has 0 fully saturated rings. The molecule has 1 atom stereocenters. The minimum atomic E-state index is -0.992. The van der Waals surface area contributed by atoms with Crippen LogP contribution in [0.5, 0.6) is 5.75 Å². The van der Waals surface area contributed by atoms with Gasteiger partial charge in [0.2, 0.25) is 5.91 Å². The molecule has 0 aliphatic carbocycles. The first-order valence-electron chi connectivity index (χ1n) is 7.69. The van der Waals surface area contributed by atoms with E-state index in [1.165, 1.54) is 0 Å². The van der Waals surface area contributed by atoms with Crippen molar-refractivity contribution in [3.63, 3.8) is 0 Å². The summed E-state index contributed by atoms with van der Waals surface area (Å²) in [6.07, 6.45) is 4.46. The summed E-state index contributed by atoms with van der Waals surface area (Å²) in [5.41, 5.74) is 0.985. The molecule has 0 aliphatic heterocycles. The fraction of sp³-hybridized carbons (Fsp3) is 0.412. The van der Waals surface area contributed by atoms with E-state index in [0.717, 1.165) is 16.7 Å². The second-order valence-corrected chi connectivity index (χ2v) is 6.38. The molecule has 24 heavy (non-hydrogen) atoms. The summed E-state index contributed by atoms with van der Waals surface area (Å²) < 4.78 is 7.29. The van der Waals surface area contributed by atoms with Crippen LogP contribution in [-0.4, -0.2) is 46.7 Å². The molecule has 1 heterocycles. The number of hydrogen-bond acceptors (Lipinski definition) is 4. The maximum absolute atomic E-state index is 12.1. The van der Waals surface area contributed by atoms with Crippen LogP contribution in [0.2, 0.25) is 0 Å². The van der Waals surface area contributed by atoms with Gasteiger partial charge in [-0.3, -0.25) is 4.79 Å². The second kappa shape index (κ2) is 8.63. The molecule has 0 spiro atoms. The largest absolute Gasteiger partial charge is 0.496 e. The molecular weight excluding hydrogens is 328 g/mol. The molecule has 0 aliphatic rings. The molecule has 1 aromatic heterocycles. The number of amides is 1. The lowest BCUT2D eigenvalue weighted by Crippen LogP contribution is -2.41. The zero-order valence-electron chi connectivity index (χ0n) is 13.8. The van der Waals surface area contributed by atoms with Crippen molar-refractivity contribution in [1.29, 1.82) is 0 Å². The van der Waals surface area contributed by atoms with Crippen molar-refractivity contribution >= 4 is 34.5 Å². The number of carboxylic acids is 1. The summed E-state index contributed by atoms with van der Waals surface area (Å²) in [6, 6.07) is 6.88. The van der Waals surface area contributed by atoms with Gasteiger partial charge in [0.15, 0.2) is 0 Å². The van der Waals surface area contributed by atoms with Crippen LogP contribution in [0, 0.1) is 0 Å². The van der Waals surface area contributed by atoms with E-state index in [0.29, 0.717) is 18.7 Å². The van der Waals surface area contributed by atoms with E-state index in [1.54, 1.807) is 18.9 Å². The van der Waals surface area contributed by atoms with Gasteiger partial charge in [-0.15, -0.1) is 0 Å². The standard InChI is InChI=1S/C17H22N2O4S/c1-23-15-5-3-4-14-12(15)6-9-19(14)10-7-16(20)18-13(17(21)22)8-11-24-2/h3-6,9,13H,7-8,10-11H2,1-2H3,(H,18,20)(H,21,22)/t13-/m0/s1. The molecule has 0 bridgehead atoms. The smallest absolute Gasteiger partial charge is 0.326 e. The van der Waals surface area contributed by atoms with E-state index in [2.05, 4.69) is 5.32 Å². The fourth-order valence-corrected chi connectivity index (χ4v) is 3.02. The van der Waals surface area contributed by atoms with Crippen molar-refractivity contribution in [3.8, 4) is 5.75 Å². The summed E-state index contributed by atoms with van der Waals surface area (Å²) in [4.78, 5) is 23.2. The second-order valence-electron chi connectivity index (χ2n) is 5.39. The van der Waals surface area contributed by atoms with Crippen molar-refractivity contribution in [2.75, 3.05) is 19.1 Å². The number of aryl methyl sites for hydroxylation is 1. The number of thioether (sulfide) groups is 1. The van der Waals surface area contributed by atoms with E-state index in [9.17, 15) is 9.59 Å². The summed E-state index contributed by atoms with van der Waals surface area (Å²) >= 11 is 1.56. The molecule has 2 aromatic rings. The van der Waals surface area contributed by atoms with E-state index < -0.39 is 12.0 Å². The Morgan fingerprint density at radius 3 is 2.83 bits per heavy atom. The number of carbonyl (C=O) groups is 2. The summed E-state index contributed by atoms with van der Waals surface area (Å²) in [5.74, 6) is 0.236. The zero-order valence-corrected chi connectivity index (χ0v) is 14.6. The van der Waals surface area contributed by atoms with E-state index in [1.807, 2.05) is 41.3 Å². The third-order valence-electron chi connectivity index (χ3n) is 3.82. The molecular formula is C17H22N2O4S. The molecule has 0 unspecified atom stereocenters. The number of aliphatic carboxylic acids is 1. The number of aromatic nitrogens is 1. The monoisotopic (exact) mass is 350 g/mol. The summed E-state index contributed by atoms with van der Waals surface area (Å²) in [6.45, 7) is 0.483. The van der Waals surface area contributed by atoms with Crippen molar-refractivity contribution in [3.05, 3.63) is 30.5 Å². The number of rotatable bonds is 9. The number of benzene rings is 1. The Kier molecular flexibility index (Phi) is 6.54. The molecule has 7 heteroatoms. The van der Waals surface area contributed by atoms with Gasteiger partial charge in [-0.1, -0.05) is 6.07 Å². The topological polar surface area (TPSA) is 80.6 Å². The molecule has 2 N–H and O–H groups in total. The van der Waals surface area contributed by atoms with Crippen LogP contribution in [0.15, 0.2) is 30.5 Å². The molecule has 130 valence electrons. The first-order chi connectivity index (χ1) is 11.6. The number of nitrogens with one attached hydrogen (secondary N) is 1. The number of carbonyl (C=O) groups excluding carboxylic acids is 1. The van der Waals surface area contributed by atoms with Gasteiger partial charge in [0, 0.05) is 24.5 Å². The minimum absolute atomic E-state index is 0.226. The van der Waals surface area contributed by atoms with Gasteiger partial charge >= 0.3 is 5.97 Å². The highest BCUT2D eigenvalue weighted by molar-refractivity contribution is 7.98. The first-order valence-corrected chi connectivity index (χ1v) is 9.09. The predicted molar refractivity (Wildman–Crippen MR) is 95.7 cm³/mol. The van der Waals surface area contributed by atoms with Crippen molar-refractivity contribution in [1.82, 2.24) is 9.88 Å². The van der Waals surface area contributed by atoms with Gasteiger partial charge in [-0.05, 0) is 36.6 Å². The van der Waals surface area contributed by atoms with E-state index in [4.69, 9.17) is 9.84 Å². The third kappa shape index (κ3) is 4.44. The Bertz CT molecular complexity index is 714. The number of methoxy groups -OCH3 is 1. The number of nitrogens with zero attached hydrogens (tertiary/aromatic N) is 1. The summed E-state index contributed by atoms with van der Waals surface area (Å²) in [7, 11) is 1.63. The lowest BCUT2D eigenvalue weighted by molar-refractivity contribution is -0.141. The Morgan fingerprint density at radius 1 is 1.38 bits per heavy atom. The molecule has 0 saturated carbocycles. The lowest BCUT2D eigenvalue weighted by atomic mass is 10.2. The minimum Gasteiger partial charge on any atom is -0.496 e. The maximum Gasteiger partial charge on any atom is 0.326 e. The Labute approximate surface area is 145 Å². The van der Waals surface area contributed by atoms with E-state index >= 15 is 0 Å². The Morgan fingerprint density at radius 2 is 2.17 bits per heavy atom. The molecule has 2 rings (SSSR count). The Hall–Kier alpha value is -2.15. The third-order valence-corrected chi connectivity index (χ3v) is 4.46. The van der Waals surface area contributed by atoms with Gasteiger partial charge in [-0.25, -0.2) is 4.79 Å². The maximum atomic E-state index is 12.1. The van der Waals surface area contributed by atoms with E-state index in [-0.39, 0.29) is 12.3 Å². The van der Waals surface area contributed by atoms with Crippen LogP contribution >= 0.6 is 11.8 Å².